The van der Waals surface area contributed by atoms with Crippen LogP contribution in [0.4, 0.5) is 18.9 Å². The zero-order valence-corrected chi connectivity index (χ0v) is 24.7. The molecule has 0 saturated heterocycles. The summed E-state index contributed by atoms with van der Waals surface area (Å²) < 4.78 is 53.2. The van der Waals surface area contributed by atoms with Gasteiger partial charge in [0.05, 0.1) is 34.2 Å². The van der Waals surface area contributed by atoms with E-state index in [-0.39, 0.29) is 61.5 Å². The first-order chi connectivity index (χ1) is 21.0. The number of benzene rings is 3. The van der Waals surface area contributed by atoms with Crippen LogP contribution in [0.15, 0.2) is 87.3 Å². The molecule has 224 valence electrons. The number of nitro groups is 1. The molecule has 0 fully saturated rings. The summed E-state index contributed by atoms with van der Waals surface area (Å²) in [6.45, 7) is 1.92. The maximum Gasteiger partial charge on any atom is 0.416 e. The van der Waals surface area contributed by atoms with Crippen LogP contribution in [0.3, 0.4) is 0 Å². The number of pyridine rings is 1. The van der Waals surface area contributed by atoms with Gasteiger partial charge in [0, 0.05) is 27.7 Å². The molecule has 0 aliphatic carbocycles. The van der Waals surface area contributed by atoms with Crippen molar-refractivity contribution in [3.05, 3.63) is 114 Å². The second kappa shape index (κ2) is 12.4. The SMILES string of the molecule is CCOc1cc(C=Nn2c(-c3cccc(C(F)(F)F)c3)nc3ccccc3c2=O)c(Br)c(Cl)c1Oc1ccc([N+](=O)[O-])cn1. The second-order valence-electron chi connectivity index (χ2n) is 8.96. The Morgan fingerprint density at radius 3 is 2.59 bits per heavy atom. The highest BCUT2D eigenvalue weighted by Gasteiger charge is 2.31. The fourth-order valence-corrected chi connectivity index (χ4v) is 4.71. The van der Waals surface area contributed by atoms with Crippen molar-refractivity contribution in [3.8, 4) is 28.8 Å². The molecule has 44 heavy (non-hydrogen) atoms. The van der Waals surface area contributed by atoms with Crippen LogP contribution in [0.25, 0.3) is 22.3 Å². The van der Waals surface area contributed by atoms with E-state index in [0.29, 0.717) is 5.56 Å². The maximum atomic E-state index is 13.5. The van der Waals surface area contributed by atoms with Gasteiger partial charge in [-0.25, -0.2) is 9.97 Å². The van der Waals surface area contributed by atoms with Crippen molar-refractivity contribution in [2.24, 2.45) is 5.10 Å². The molecule has 5 aromatic rings. The lowest BCUT2D eigenvalue weighted by molar-refractivity contribution is -0.385. The molecule has 0 amide bonds. The summed E-state index contributed by atoms with van der Waals surface area (Å²) in [4.78, 5) is 32.3. The Morgan fingerprint density at radius 2 is 1.91 bits per heavy atom. The summed E-state index contributed by atoms with van der Waals surface area (Å²) in [5, 5.41) is 15.5. The summed E-state index contributed by atoms with van der Waals surface area (Å²) in [7, 11) is 0. The Hall–Kier alpha value is -4.82. The number of aromatic nitrogens is 3. The van der Waals surface area contributed by atoms with Crippen molar-refractivity contribution < 1.29 is 27.6 Å². The van der Waals surface area contributed by atoms with E-state index in [0.717, 1.165) is 23.0 Å². The molecule has 15 heteroatoms. The molecule has 0 N–H and O–H groups in total. The van der Waals surface area contributed by atoms with Crippen molar-refractivity contribution in [1.82, 2.24) is 14.6 Å². The number of hydrogen-bond donors (Lipinski definition) is 0. The fourth-order valence-electron chi connectivity index (χ4n) is 4.07. The largest absolute Gasteiger partial charge is 0.490 e. The quantitative estimate of drug-likeness (QED) is 0.0924. The summed E-state index contributed by atoms with van der Waals surface area (Å²) in [5.41, 5.74) is -1.15. The Balaban J connectivity index is 1.62. The monoisotopic (exact) mass is 687 g/mol. The molecular weight excluding hydrogens is 671 g/mol. The highest BCUT2D eigenvalue weighted by Crippen LogP contribution is 2.44. The van der Waals surface area contributed by atoms with E-state index in [2.05, 4.69) is 31.0 Å². The molecule has 0 aliphatic heterocycles. The van der Waals surface area contributed by atoms with Gasteiger partial charge in [0.15, 0.2) is 17.3 Å². The van der Waals surface area contributed by atoms with Crippen LogP contribution in [0.5, 0.6) is 17.4 Å². The smallest absolute Gasteiger partial charge is 0.416 e. The zero-order chi connectivity index (χ0) is 31.6. The van der Waals surface area contributed by atoms with Gasteiger partial charge in [-0.05, 0) is 53.2 Å². The van der Waals surface area contributed by atoms with Gasteiger partial charge in [0.25, 0.3) is 11.2 Å². The van der Waals surface area contributed by atoms with Crippen molar-refractivity contribution in [1.29, 1.82) is 0 Å². The van der Waals surface area contributed by atoms with Crippen LogP contribution in [-0.4, -0.2) is 32.4 Å². The van der Waals surface area contributed by atoms with Crippen LogP contribution in [0.1, 0.15) is 18.1 Å². The Kier molecular flexibility index (Phi) is 8.65. The molecule has 0 aliphatic rings. The first-order valence-corrected chi connectivity index (χ1v) is 13.8. The Labute approximate surface area is 259 Å². The molecule has 0 atom stereocenters. The van der Waals surface area contributed by atoms with Gasteiger partial charge < -0.3 is 9.47 Å². The lowest BCUT2D eigenvalue weighted by atomic mass is 10.1. The van der Waals surface area contributed by atoms with Crippen LogP contribution in [-0.2, 0) is 6.18 Å². The van der Waals surface area contributed by atoms with E-state index >= 15 is 0 Å². The predicted molar refractivity (Wildman–Crippen MR) is 161 cm³/mol. The van der Waals surface area contributed by atoms with Gasteiger partial charge in [0.2, 0.25) is 5.88 Å². The van der Waals surface area contributed by atoms with Gasteiger partial charge in [0.1, 0.15) is 11.2 Å². The molecule has 5 rings (SSSR count). The van der Waals surface area contributed by atoms with Gasteiger partial charge in [-0.3, -0.25) is 14.9 Å². The van der Waals surface area contributed by atoms with Crippen LogP contribution < -0.4 is 15.0 Å². The highest BCUT2D eigenvalue weighted by molar-refractivity contribution is 9.10. The van der Waals surface area contributed by atoms with Crippen molar-refractivity contribution in [2.45, 2.75) is 13.1 Å². The normalized spacial score (nSPS) is 11.7. The third kappa shape index (κ3) is 6.26. The van der Waals surface area contributed by atoms with Gasteiger partial charge in [-0.15, -0.1) is 0 Å². The topological polar surface area (TPSA) is 122 Å². The number of hydrogen-bond acceptors (Lipinski definition) is 8. The number of alkyl halides is 3. The van der Waals surface area contributed by atoms with E-state index in [1.165, 1.54) is 42.6 Å². The lowest BCUT2D eigenvalue weighted by Crippen LogP contribution is -2.20. The van der Waals surface area contributed by atoms with Gasteiger partial charge >= 0.3 is 6.18 Å². The molecule has 0 bridgehead atoms. The second-order valence-corrected chi connectivity index (χ2v) is 10.1. The van der Waals surface area contributed by atoms with E-state index in [4.69, 9.17) is 21.1 Å². The van der Waals surface area contributed by atoms with Crippen LogP contribution in [0, 0.1) is 10.1 Å². The molecule has 0 radical (unpaired) electrons. The van der Waals surface area contributed by atoms with Crippen LogP contribution >= 0.6 is 27.5 Å². The molecule has 0 saturated carbocycles. The molecule has 3 aromatic carbocycles. The fraction of sp³-hybridized carbons (Fsp3) is 0.103. The number of fused-ring (bicyclic) bond motifs is 1. The maximum absolute atomic E-state index is 13.5. The Morgan fingerprint density at radius 1 is 1.14 bits per heavy atom. The van der Waals surface area contributed by atoms with Crippen LogP contribution in [0.2, 0.25) is 5.02 Å². The molecule has 0 spiro atoms. The number of para-hydroxylation sites is 1. The number of ether oxygens (including phenoxy) is 2. The Bertz CT molecular complexity index is 1980. The standard InChI is InChI=1S/C29H18BrClF3N5O5/c1-2-43-22-13-17(24(30)25(31)26(22)44-23-11-10-19(15-35-23)39(41)42)14-36-38-27(16-6-5-7-18(12-16)29(32,33)34)37-21-9-4-3-8-20(21)28(38)40/h3-15H,2H2,1H3. The van der Waals surface area contributed by atoms with Gasteiger partial charge in [-0.1, -0.05) is 35.9 Å². The predicted octanol–water partition coefficient (Wildman–Crippen LogP) is 7.87. The van der Waals surface area contributed by atoms with Crippen molar-refractivity contribution in [3.63, 3.8) is 0 Å². The minimum atomic E-state index is -4.62. The minimum Gasteiger partial charge on any atom is -0.490 e. The molecule has 2 aromatic heterocycles. The third-order valence-corrected chi connectivity index (χ3v) is 7.55. The van der Waals surface area contributed by atoms with Gasteiger partial charge in [-0.2, -0.15) is 22.9 Å². The van der Waals surface area contributed by atoms with E-state index in [1.807, 2.05) is 0 Å². The summed E-state index contributed by atoms with van der Waals surface area (Å²) in [6, 6.07) is 14.8. The average molecular weight is 689 g/mol. The first-order valence-electron chi connectivity index (χ1n) is 12.6. The molecule has 0 unspecified atom stereocenters. The van der Waals surface area contributed by atoms with Crippen molar-refractivity contribution in [2.75, 3.05) is 6.61 Å². The summed E-state index contributed by atoms with van der Waals surface area (Å²) in [6.07, 6.45) is -2.33. The molecule has 10 nitrogen and oxygen atoms in total. The third-order valence-electron chi connectivity index (χ3n) is 6.11. The lowest BCUT2D eigenvalue weighted by Gasteiger charge is -2.15. The number of nitrogens with zero attached hydrogens (tertiary/aromatic N) is 5. The average Bonchev–Trinajstić information content (AvgIpc) is 3.00. The molecular formula is C29H18BrClF3N5O5. The number of halogens is 5. The van der Waals surface area contributed by atoms with Crippen molar-refractivity contribution >= 4 is 50.3 Å². The minimum absolute atomic E-state index is 0.00582. The highest BCUT2D eigenvalue weighted by atomic mass is 79.9. The number of rotatable bonds is 8. The van der Waals surface area contributed by atoms with E-state index in [1.54, 1.807) is 25.1 Å². The first kappa shape index (κ1) is 30.6. The zero-order valence-electron chi connectivity index (χ0n) is 22.4. The summed E-state index contributed by atoms with van der Waals surface area (Å²) in [5.74, 6) is 0.0938. The van der Waals surface area contributed by atoms with E-state index in [9.17, 15) is 28.1 Å². The summed E-state index contributed by atoms with van der Waals surface area (Å²) >= 11 is 10.0. The van der Waals surface area contributed by atoms with E-state index < -0.39 is 22.2 Å². The molecule has 2 heterocycles.